The summed E-state index contributed by atoms with van der Waals surface area (Å²) in [5, 5.41) is 3.60. The predicted octanol–water partition coefficient (Wildman–Crippen LogP) is 6.13. The van der Waals surface area contributed by atoms with Crippen molar-refractivity contribution in [2.45, 2.75) is 71.1 Å². The van der Waals surface area contributed by atoms with Crippen LogP contribution in [-0.4, -0.2) is 13.1 Å². The van der Waals surface area contributed by atoms with Crippen molar-refractivity contribution in [3.05, 3.63) is 33.4 Å². The lowest BCUT2D eigenvalue weighted by molar-refractivity contribution is 0.529. The van der Waals surface area contributed by atoms with E-state index in [0.29, 0.717) is 0 Å². The van der Waals surface area contributed by atoms with Crippen molar-refractivity contribution in [2.24, 2.45) is 0 Å². The van der Waals surface area contributed by atoms with E-state index in [0.717, 1.165) is 5.92 Å². The number of benzene rings is 1. The zero-order chi connectivity index (χ0) is 15.3. The van der Waals surface area contributed by atoms with Gasteiger partial charge in [0, 0.05) is 3.57 Å². The lowest BCUT2D eigenvalue weighted by Gasteiger charge is -2.15. The molecular formula is C19H32IN. The fourth-order valence-electron chi connectivity index (χ4n) is 2.79. The zero-order valence-electron chi connectivity index (χ0n) is 13.8. The smallest absolute Gasteiger partial charge is 0.0130 e. The zero-order valence-corrected chi connectivity index (χ0v) is 16.0. The SMILES string of the molecule is CCCCCCCNCCCC(CC)c1ccc(I)cc1. The maximum Gasteiger partial charge on any atom is 0.0130 e. The molecule has 0 fully saturated rings. The van der Waals surface area contributed by atoms with Gasteiger partial charge in [-0.25, -0.2) is 0 Å². The number of nitrogens with one attached hydrogen (secondary N) is 1. The summed E-state index contributed by atoms with van der Waals surface area (Å²) in [6.45, 7) is 6.96. The molecule has 0 aliphatic heterocycles. The minimum Gasteiger partial charge on any atom is -0.317 e. The first-order chi connectivity index (χ1) is 10.3. The minimum atomic E-state index is 0.730. The van der Waals surface area contributed by atoms with Gasteiger partial charge in [0.2, 0.25) is 0 Å². The largest absolute Gasteiger partial charge is 0.317 e. The van der Waals surface area contributed by atoms with Crippen LogP contribution in [0.5, 0.6) is 0 Å². The molecule has 2 heteroatoms. The average molecular weight is 401 g/mol. The molecule has 0 aliphatic carbocycles. The first-order valence-electron chi connectivity index (χ1n) is 8.74. The van der Waals surface area contributed by atoms with Crippen LogP contribution in [-0.2, 0) is 0 Å². The highest BCUT2D eigenvalue weighted by Crippen LogP contribution is 2.25. The van der Waals surface area contributed by atoms with Gasteiger partial charge >= 0.3 is 0 Å². The summed E-state index contributed by atoms with van der Waals surface area (Å²) >= 11 is 2.38. The van der Waals surface area contributed by atoms with E-state index < -0.39 is 0 Å². The Hall–Kier alpha value is -0.0900. The van der Waals surface area contributed by atoms with Crippen molar-refractivity contribution in [3.8, 4) is 0 Å². The number of hydrogen-bond acceptors (Lipinski definition) is 1. The third kappa shape index (κ3) is 8.82. The highest BCUT2D eigenvalue weighted by atomic mass is 127. The van der Waals surface area contributed by atoms with E-state index in [1.54, 1.807) is 0 Å². The first kappa shape index (κ1) is 19.0. The lowest BCUT2D eigenvalue weighted by atomic mass is 9.92. The highest BCUT2D eigenvalue weighted by Gasteiger charge is 2.08. The fraction of sp³-hybridized carbons (Fsp3) is 0.684. The fourth-order valence-corrected chi connectivity index (χ4v) is 3.15. The molecule has 1 nitrogen and oxygen atoms in total. The molecular weight excluding hydrogens is 369 g/mol. The molecule has 0 spiro atoms. The molecule has 0 radical (unpaired) electrons. The standard InChI is InChI=1S/C19H32IN/c1-3-5-6-7-8-15-21-16-9-10-17(4-2)18-11-13-19(20)14-12-18/h11-14,17,21H,3-10,15-16H2,1-2H3. The van der Waals surface area contributed by atoms with Gasteiger partial charge in [0.05, 0.1) is 0 Å². The number of unbranched alkanes of at least 4 members (excludes halogenated alkanes) is 4. The molecule has 0 saturated heterocycles. The second-order valence-electron chi connectivity index (χ2n) is 5.96. The molecule has 1 atom stereocenters. The summed E-state index contributed by atoms with van der Waals surface area (Å²) in [5.41, 5.74) is 1.51. The summed E-state index contributed by atoms with van der Waals surface area (Å²) in [6, 6.07) is 9.06. The molecule has 0 aromatic heterocycles. The molecule has 0 heterocycles. The minimum absolute atomic E-state index is 0.730. The molecule has 1 rings (SSSR count). The Bertz CT molecular complexity index is 347. The normalized spacial score (nSPS) is 12.5. The van der Waals surface area contributed by atoms with Gasteiger partial charge in [-0.1, -0.05) is 51.7 Å². The van der Waals surface area contributed by atoms with E-state index in [9.17, 15) is 0 Å². The van der Waals surface area contributed by atoms with Gasteiger partial charge in [0.1, 0.15) is 0 Å². The number of rotatable bonds is 12. The average Bonchev–Trinajstić information content (AvgIpc) is 2.51. The quantitative estimate of drug-likeness (QED) is 0.328. The van der Waals surface area contributed by atoms with Crippen LogP contribution in [0, 0.1) is 3.57 Å². The van der Waals surface area contributed by atoms with Gasteiger partial charge in [-0.3, -0.25) is 0 Å². The van der Waals surface area contributed by atoms with Crippen molar-refractivity contribution in [3.63, 3.8) is 0 Å². The third-order valence-electron chi connectivity index (χ3n) is 4.20. The molecule has 0 saturated carbocycles. The van der Waals surface area contributed by atoms with Gasteiger partial charge < -0.3 is 5.32 Å². The van der Waals surface area contributed by atoms with Gasteiger partial charge in [-0.15, -0.1) is 0 Å². The van der Waals surface area contributed by atoms with E-state index >= 15 is 0 Å². The summed E-state index contributed by atoms with van der Waals surface area (Å²) in [5.74, 6) is 0.730. The van der Waals surface area contributed by atoms with Crippen LogP contribution in [0.3, 0.4) is 0 Å². The molecule has 120 valence electrons. The summed E-state index contributed by atoms with van der Waals surface area (Å²) in [6.07, 6.45) is 10.7. The second-order valence-corrected chi connectivity index (χ2v) is 7.21. The van der Waals surface area contributed by atoms with E-state index in [2.05, 4.69) is 66.0 Å². The Morgan fingerprint density at radius 3 is 2.24 bits per heavy atom. The van der Waals surface area contributed by atoms with Crippen molar-refractivity contribution >= 4 is 22.6 Å². The van der Waals surface area contributed by atoms with E-state index in [1.165, 1.54) is 73.6 Å². The van der Waals surface area contributed by atoms with Crippen LogP contribution in [0.1, 0.15) is 76.7 Å². The van der Waals surface area contributed by atoms with E-state index in [1.807, 2.05) is 0 Å². The molecule has 0 bridgehead atoms. The first-order valence-corrected chi connectivity index (χ1v) is 9.82. The number of hydrogen-bond donors (Lipinski definition) is 1. The molecule has 1 N–H and O–H groups in total. The topological polar surface area (TPSA) is 12.0 Å². The highest BCUT2D eigenvalue weighted by molar-refractivity contribution is 14.1. The second kappa shape index (κ2) is 12.5. The Morgan fingerprint density at radius 2 is 1.57 bits per heavy atom. The summed E-state index contributed by atoms with van der Waals surface area (Å²) in [4.78, 5) is 0. The molecule has 1 aromatic carbocycles. The van der Waals surface area contributed by atoms with Gasteiger partial charge in [-0.2, -0.15) is 0 Å². The molecule has 1 aromatic rings. The Morgan fingerprint density at radius 1 is 0.905 bits per heavy atom. The van der Waals surface area contributed by atoms with Crippen LogP contribution in [0.2, 0.25) is 0 Å². The predicted molar refractivity (Wildman–Crippen MR) is 103 cm³/mol. The van der Waals surface area contributed by atoms with E-state index in [4.69, 9.17) is 0 Å². The Balaban J connectivity index is 2.08. The molecule has 0 aliphatic rings. The van der Waals surface area contributed by atoms with Crippen LogP contribution in [0.25, 0.3) is 0 Å². The Labute approximate surface area is 145 Å². The van der Waals surface area contributed by atoms with Crippen LogP contribution >= 0.6 is 22.6 Å². The Kier molecular flexibility index (Phi) is 11.2. The molecule has 21 heavy (non-hydrogen) atoms. The molecule has 1 unspecified atom stereocenters. The summed E-state index contributed by atoms with van der Waals surface area (Å²) in [7, 11) is 0. The van der Waals surface area contributed by atoms with Crippen molar-refractivity contribution in [1.29, 1.82) is 0 Å². The summed E-state index contributed by atoms with van der Waals surface area (Å²) < 4.78 is 1.33. The number of halogens is 1. The third-order valence-corrected chi connectivity index (χ3v) is 4.92. The van der Waals surface area contributed by atoms with Crippen LogP contribution in [0.15, 0.2) is 24.3 Å². The van der Waals surface area contributed by atoms with Gasteiger partial charge in [-0.05, 0) is 85.0 Å². The van der Waals surface area contributed by atoms with Crippen molar-refractivity contribution < 1.29 is 0 Å². The van der Waals surface area contributed by atoms with Crippen LogP contribution < -0.4 is 5.32 Å². The van der Waals surface area contributed by atoms with E-state index in [-0.39, 0.29) is 0 Å². The van der Waals surface area contributed by atoms with Crippen LogP contribution in [0.4, 0.5) is 0 Å². The maximum atomic E-state index is 3.60. The van der Waals surface area contributed by atoms with Gasteiger partial charge in [0.15, 0.2) is 0 Å². The monoisotopic (exact) mass is 401 g/mol. The maximum absolute atomic E-state index is 3.60. The van der Waals surface area contributed by atoms with Crippen molar-refractivity contribution in [1.82, 2.24) is 5.32 Å². The van der Waals surface area contributed by atoms with Gasteiger partial charge in [0.25, 0.3) is 0 Å². The molecule has 0 amide bonds. The lowest BCUT2D eigenvalue weighted by Crippen LogP contribution is -2.17. The van der Waals surface area contributed by atoms with Crippen molar-refractivity contribution in [2.75, 3.05) is 13.1 Å².